The summed E-state index contributed by atoms with van der Waals surface area (Å²) in [5.74, 6) is -0.175. The van der Waals surface area contributed by atoms with Crippen LogP contribution in [0.25, 0.3) is 5.65 Å². The molecule has 0 saturated heterocycles. The number of carbonyl (C=O) groups is 1. The summed E-state index contributed by atoms with van der Waals surface area (Å²) in [5.41, 5.74) is 2.75. The van der Waals surface area contributed by atoms with Crippen molar-refractivity contribution in [3.8, 4) is 0 Å². The van der Waals surface area contributed by atoms with E-state index in [-0.39, 0.29) is 12.2 Å². The van der Waals surface area contributed by atoms with E-state index in [1.54, 1.807) is 13.1 Å². The van der Waals surface area contributed by atoms with Crippen LogP contribution >= 0.6 is 0 Å². The van der Waals surface area contributed by atoms with Gasteiger partial charge in [0.1, 0.15) is 11.2 Å². The molecular weight excluding hydrogens is 354 g/mol. The lowest BCUT2D eigenvalue weighted by Gasteiger charge is -2.13. The second kappa shape index (κ2) is 8.17. The van der Waals surface area contributed by atoms with Crippen molar-refractivity contribution in [3.63, 3.8) is 0 Å². The average molecular weight is 381 g/mol. The van der Waals surface area contributed by atoms with E-state index >= 15 is 0 Å². The Balaban J connectivity index is 1.74. The number of esters is 1. The molecular formula is C22H27N3O3. The number of hydrogen-bond acceptors (Lipinski definition) is 4. The first-order valence-corrected chi connectivity index (χ1v) is 10.3. The Hall–Kier alpha value is -2.63. The first-order valence-electron chi connectivity index (χ1n) is 10.3. The Labute approximate surface area is 164 Å². The molecule has 1 saturated carbocycles. The molecule has 2 heterocycles. The molecule has 4 rings (SSSR count). The van der Waals surface area contributed by atoms with Gasteiger partial charge < -0.3 is 9.30 Å². The maximum absolute atomic E-state index is 12.9. The van der Waals surface area contributed by atoms with E-state index in [4.69, 9.17) is 4.74 Å². The van der Waals surface area contributed by atoms with Gasteiger partial charge in [-0.25, -0.2) is 4.79 Å². The topological polar surface area (TPSA) is 65.6 Å². The molecule has 0 aromatic carbocycles. The first-order chi connectivity index (χ1) is 13.7. The van der Waals surface area contributed by atoms with Crippen LogP contribution in [0.15, 0.2) is 40.9 Å². The van der Waals surface area contributed by atoms with Crippen molar-refractivity contribution >= 4 is 11.6 Å². The maximum atomic E-state index is 12.9. The predicted octanol–water partition coefficient (Wildman–Crippen LogP) is 4.00. The Bertz CT molecular complexity index is 990. The molecule has 2 aromatic heterocycles. The van der Waals surface area contributed by atoms with Crippen molar-refractivity contribution in [3.05, 3.63) is 57.7 Å². The van der Waals surface area contributed by atoms with E-state index < -0.39 is 11.5 Å². The fourth-order valence-corrected chi connectivity index (χ4v) is 4.21. The van der Waals surface area contributed by atoms with Gasteiger partial charge in [0, 0.05) is 24.7 Å². The minimum Gasteiger partial charge on any atom is -0.462 e. The molecule has 6 nitrogen and oxygen atoms in total. The normalized spacial score (nSPS) is 17.2. The molecule has 28 heavy (non-hydrogen) atoms. The van der Waals surface area contributed by atoms with Crippen LogP contribution in [-0.4, -0.2) is 26.8 Å². The predicted molar refractivity (Wildman–Crippen MR) is 108 cm³/mol. The van der Waals surface area contributed by atoms with E-state index in [1.165, 1.54) is 22.9 Å². The van der Waals surface area contributed by atoms with Crippen LogP contribution in [0.2, 0.25) is 0 Å². The van der Waals surface area contributed by atoms with Crippen molar-refractivity contribution in [2.24, 2.45) is 0 Å². The van der Waals surface area contributed by atoms with Crippen LogP contribution in [0.4, 0.5) is 0 Å². The Morgan fingerprint density at radius 2 is 2.14 bits per heavy atom. The summed E-state index contributed by atoms with van der Waals surface area (Å²) in [7, 11) is 0. The zero-order valence-electron chi connectivity index (χ0n) is 16.4. The molecule has 2 aromatic rings. The molecule has 2 aliphatic carbocycles. The second-order valence-corrected chi connectivity index (χ2v) is 7.62. The van der Waals surface area contributed by atoms with E-state index in [2.05, 4.69) is 23.3 Å². The van der Waals surface area contributed by atoms with Gasteiger partial charge in [0.15, 0.2) is 0 Å². The number of ether oxygens (including phenoxy) is 1. The van der Waals surface area contributed by atoms with E-state index in [1.807, 2.05) is 10.6 Å². The fraction of sp³-hybridized carbons (Fsp3) is 0.500. The Morgan fingerprint density at radius 3 is 2.86 bits per heavy atom. The van der Waals surface area contributed by atoms with Crippen molar-refractivity contribution in [1.29, 1.82) is 0 Å². The Kier molecular flexibility index (Phi) is 5.46. The number of aryl methyl sites for hydroxylation is 1. The van der Waals surface area contributed by atoms with Crippen LogP contribution in [0, 0.1) is 0 Å². The fourth-order valence-electron chi connectivity index (χ4n) is 4.21. The Morgan fingerprint density at radius 1 is 1.32 bits per heavy atom. The molecule has 0 radical (unpaired) electrons. The molecule has 1 fully saturated rings. The lowest BCUT2D eigenvalue weighted by atomic mass is 10.0. The van der Waals surface area contributed by atoms with Crippen molar-refractivity contribution < 1.29 is 9.53 Å². The summed E-state index contributed by atoms with van der Waals surface area (Å²) in [6.07, 6.45) is 15.7. The monoisotopic (exact) mass is 381 g/mol. The molecule has 0 spiro atoms. The highest BCUT2D eigenvalue weighted by Gasteiger charge is 2.23. The van der Waals surface area contributed by atoms with Crippen LogP contribution in [0.5, 0.6) is 0 Å². The highest BCUT2D eigenvalue weighted by atomic mass is 16.5. The van der Waals surface area contributed by atoms with Crippen LogP contribution in [0.3, 0.4) is 0 Å². The lowest BCUT2D eigenvalue weighted by molar-refractivity contribution is 0.0522. The third-order valence-corrected chi connectivity index (χ3v) is 5.75. The molecule has 2 aliphatic rings. The number of fused-ring (bicyclic) bond motifs is 1. The summed E-state index contributed by atoms with van der Waals surface area (Å²) < 4.78 is 8.48. The van der Waals surface area contributed by atoms with Gasteiger partial charge in [-0.15, -0.1) is 0 Å². The van der Waals surface area contributed by atoms with Gasteiger partial charge >= 0.3 is 5.97 Å². The number of nitrogens with zero attached hydrogens (tertiary/aromatic N) is 3. The van der Waals surface area contributed by atoms with Gasteiger partial charge in [-0.3, -0.25) is 4.79 Å². The maximum Gasteiger partial charge on any atom is 0.345 e. The molecule has 6 heteroatoms. The van der Waals surface area contributed by atoms with Crippen molar-refractivity contribution in [2.45, 2.75) is 64.3 Å². The number of rotatable bonds is 6. The summed E-state index contributed by atoms with van der Waals surface area (Å²) in [6, 6.07) is 2.03. The molecule has 0 amide bonds. The molecule has 148 valence electrons. The highest BCUT2D eigenvalue weighted by Crippen LogP contribution is 2.33. The minimum atomic E-state index is -0.583. The zero-order valence-corrected chi connectivity index (χ0v) is 16.4. The zero-order chi connectivity index (χ0) is 19.5. The lowest BCUT2D eigenvalue weighted by Crippen LogP contribution is -2.27. The molecule has 0 bridgehead atoms. The second-order valence-electron chi connectivity index (χ2n) is 7.62. The summed E-state index contributed by atoms with van der Waals surface area (Å²) >= 11 is 0. The van der Waals surface area contributed by atoms with Crippen LogP contribution in [-0.2, 0) is 11.3 Å². The third kappa shape index (κ3) is 3.68. The van der Waals surface area contributed by atoms with E-state index in [0.29, 0.717) is 12.5 Å². The largest absolute Gasteiger partial charge is 0.462 e. The molecule has 0 unspecified atom stereocenters. The quantitative estimate of drug-likeness (QED) is 0.710. The van der Waals surface area contributed by atoms with Gasteiger partial charge in [0.2, 0.25) is 0 Å². The van der Waals surface area contributed by atoms with E-state index in [0.717, 1.165) is 43.4 Å². The summed E-state index contributed by atoms with van der Waals surface area (Å²) in [5, 5.41) is 4.60. The van der Waals surface area contributed by atoms with E-state index in [9.17, 15) is 9.59 Å². The molecule has 0 N–H and O–H groups in total. The third-order valence-electron chi connectivity index (χ3n) is 5.75. The van der Waals surface area contributed by atoms with Crippen LogP contribution in [0.1, 0.15) is 73.8 Å². The van der Waals surface area contributed by atoms with Gasteiger partial charge in [-0.05, 0) is 39.0 Å². The SMILES string of the molecule is CCOC(=O)c1cn(CCC2=CC=CCC2)c2cc(C3CCCC3)nn2c1=O. The van der Waals surface area contributed by atoms with Gasteiger partial charge in [0.25, 0.3) is 5.56 Å². The smallest absolute Gasteiger partial charge is 0.345 e. The van der Waals surface area contributed by atoms with Crippen molar-refractivity contribution in [2.75, 3.05) is 6.61 Å². The number of allylic oxidation sites excluding steroid dienone is 4. The van der Waals surface area contributed by atoms with Crippen molar-refractivity contribution in [1.82, 2.24) is 14.2 Å². The van der Waals surface area contributed by atoms with Gasteiger partial charge in [-0.1, -0.05) is 36.6 Å². The average Bonchev–Trinajstić information content (AvgIpc) is 3.38. The minimum absolute atomic E-state index is 0.0490. The number of aromatic nitrogens is 3. The first kappa shape index (κ1) is 18.7. The van der Waals surface area contributed by atoms with Gasteiger partial charge in [-0.2, -0.15) is 9.61 Å². The van der Waals surface area contributed by atoms with Crippen LogP contribution < -0.4 is 5.56 Å². The highest BCUT2D eigenvalue weighted by molar-refractivity contribution is 5.88. The molecule has 0 aliphatic heterocycles. The summed E-state index contributed by atoms with van der Waals surface area (Å²) in [4.78, 5) is 25.2. The number of carbonyl (C=O) groups excluding carboxylic acids is 1. The summed E-state index contributed by atoms with van der Waals surface area (Å²) in [6.45, 7) is 2.68. The number of hydrogen-bond donors (Lipinski definition) is 0. The standard InChI is InChI=1S/C22H27N3O3/c1-2-28-22(27)18-15-24(13-12-16-8-4-3-5-9-16)20-14-19(17-10-6-7-11-17)23-25(20)21(18)26/h3-4,8,14-15,17H,2,5-7,9-13H2,1H3. The van der Waals surface area contributed by atoms with Gasteiger partial charge in [0.05, 0.1) is 12.3 Å². The molecule has 0 atom stereocenters.